The van der Waals surface area contributed by atoms with Gasteiger partial charge in [-0.1, -0.05) is 0 Å². The number of rotatable bonds is 5. The first-order chi connectivity index (χ1) is 11.5. The van der Waals surface area contributed by atoms with Crippen LogP contribution in [0.25, 0.3) is 11.0 Å². The number of benzene rings is 1. The number of aromatic nitrogens is 1. The van der Waals surface area contributed by atoms with Gasteiger partial charge in [-0.3, -0.25) is 0 Å². The molecule has 0 aliphatic carbocycles. The molecule has 0 amide bonds. The molecule has 3 aromatic rings. The molecule has 0 N–H and O–H groups in total. The van der Waals surface area contributed by atoms with E-state index in [1.807, 2.05) is 6.92 Å². The van der Waals surface area contributed by atoms with E-state index in [4.69, 9.17) is 13.9 Å². The number of hydrogen-bond donors (Lipinski definition) is 0. The molecular formula is C17H16FNO4S. The van der Waals surface area contributed by atoms with Gasteiger partial charge in [-0.25, -0.2) is 14.2 Å². The lowest BCUT2D eigenvalue weighted by atomic mass is 10.1. The molecule has 0 aliphatic heterocycles. The lowest BCUT2D eigenvalue weighted by molar-refractivity contribution is 0.0526. The summed E-state index contributed by atoms with van der Waals surface area (Å²) in [4.78, 5) is 17.1. The number of furan rings is 1. The van der Waals surface area contributed by atoms with E-state index >= 15 is 0 Å². The van der Waals surface area contributed by atoms with E-state index in [9.17, 15) is 9.18 Å². The monoisotopic (exact) mass is 349 g/mol. The average Bonchev–Trinajstić information content (AvgIpc) is 3.10. The summed E-state index contributed by atoms with van der Waals surface area (Å²) in [5.74, 6) is -0.864. The van der Waals surface area contributed by atoms with E-state index < -0.39 is 11.8 Å². The Bertz CT molecular complexity index is 900. The van der Waals surface area contributed by atoms with Crippen LogP contribution in [0.15, 0.2) is 22.1 Å². The summed E-state index contributed by atoms with van der Waals surface area (Å²) in [6.07, 6.45) is 0. The minimum atomic E-state index is -0.630. The third-order valence-electron chi connectivity index (χ3n) is 3.62. The fourth-order valence-corrected chi connectivity index (χ4v) is 3.11. The molecule has 0 saturated heterocycles. The maximum Gasteiger partial charge on any atom is 0.342 e. The first-order valence-corrected chi connectivity index (χ1v) is 8.31. The number of carbonyl (C=O) groups is 1. The van der Waals surface area contributed by atoms with E-state index in [-0.39, 0.29) is 35.5 Å². The number of aryl methyl sites for hydroxylation is 2. The maximum atomic E-state index is 14.9. The van der Waals surface area contributed by atoms with Crippen molar-refractivity contribution in [3.63, 3.8) is 0 Å². The van der Waals surface area contributed by atoms with Gasteiger partial charge in [0, 0.05) is 0 Å². The molecule has 1 aromatic carbocycles. The highest BCUT2D eigenvalue weighted by molar-refractivity contribution is 7.09. The van der Waals surface area contributed by atoms with Crippen molar-refractivity contribution in [3.05, 3.63) is 45.4 Å². The highest BCUT2D eigenvalue weighted by Crippen LogP contribution is 2.34. The van der Waals surface area contributed by atoms with E-state index in [0.29, 0.717) is 5.76 Å². The van der Waals surface area contributed by atoms with Crippen molar-refractivity contribution in [2.45, 2.75) is 27.4 Å². The number of hydrogen-bond acceptors (Lipinski definition) is 6. The molecule has 0 spiro atoms. The van der Waals surface area contributed by atoms with Crippen LogP contribution in [0.3, 0.4) is 0 Å². The Hall–Kier alpha value is -2.41. The van der Waals surface area contributed by atoms with Gasteiger partial charge in [0.1, 0.15) is 23.5 Å². The molecular weight excluding hydrogens is 333 g/mol. The van der Waals surface area contributed by atoms with Gasteiger partial charge in [0.05, 0.1) is 28.1 Å². The number of ether oxygens (including phenoxy) is 2. The Morgan fingerprint density at radius 1 is 1.38 bits per heavy atom. The summed E-state index contributed by atoms with van der Waals surface area (Å²) in [6, 6.07) is 3.08. The Morgan fingerprint density at radius 3 is 2.83 bits per heavy atom. The fraction of sp³-hybridized carbons (Fsp3) is 0.294. The van der Waals surface area contributed by atoms with Crippen LogP contribution in [0, 0.1) is 19.7 Å². The standard InChI is InChI=1S/C17H16FNO4S/c1-4-21-17(20)14-10(3)23-11-5-6-12(16(18)15(11)14)22-7-13-9(2)19-8-24-13/h5-6,8H,4,7H2,1-3H3. The molecule has 2 heterocycles. The molecule has 7 heteroatoms. The third-order valence-corrected chi connectivity index (χ3v) is 4.53. The first kappa shape index (κ1) is 16.4. The van der Waals surface area contributed by atoms with Gasteiger partial charge in [-0.15, -0.1) is 11.3 Å². The van der Waals surface area contributed by atoms with Gasteiger partial charge in [0.25, 0.3) is 0 Å². The minimum Gasteiger partial charge on any atom is -0.485 e. The number of halogens is 1. The molecule has 3 rings (SSSR count). The van der Waals surface area contributed by atoms with Crippen LogP contribution in [0.1, 0.15) is 33.6 Å². The van der Waals surface area contributed by atoms with Gasteiger partial charge in [0.15, 0.2) is 11.6 Å². The van der Waals surface area contributed by atoms with Gasteiger partial charge in [-0.2, -0.15) is 0 Å². The van der Waals surface area contributed by atoms with Gasteiger partial charge in [-0.05, 0) is 32.9 Å². The number of carbonyl (C=O) groups excluding carboxylic acids is 1. The van der Waals surface area contributed by atoms with Crippen LogP contribution >= 0.6 is 11.3 Å². The molecule has 2 aromatic heterocycles. The molecule has 0 aliphatic rings. The SMILES string of the molecule is CCOC(=O)c1c(C)oc2ccc(OCc3scnc3C)c(F)c12. The summed E-state index contributed by atoms with van der Waals surface area (Å²) in [7, 11) is 0. The number of fused-ring (bicyclic) bond motifs is 1. The Labute approximate surface area is 142 Å². The van der Waals surface area contributed by atoms with Crippen molar-refractivity contribution in [2.24, 2.45) is 0 Å². The molecule has 0 atom stereocenters. The predicted molar refractivity (Wildman–Crippen MR) is 88.0 cm³/mol. The number of esters is 1. The third kappa shape index (κ3) is 2.87. The largest absolute Gasteiger partial charge is 0.485 e. The summed E-state index contributed by atoms with van der Waals surface area (Å²) >= 11 is 1.45. The lowest BCUT2D eigenvalue weighted by Crippen LogP contribution is -2.06. The maximum absolute atomic E-state index is 14.9. The van der Waals surface area contributed by atoms with Crippen LogP contribution in [0.2, 0.25) is 0 Å². The zero-order chi connectivity index (χ0) is 17.3. The number of nitrogens with zero attached hydrogens (tertiary/aromatic N) is 1. The molecule has 24 heavy (non-hydrogen) atoms. The Kier molecular flexibility index (Phi) is 4.53. The van der Waals surface area contributed by atoms with Crippen LogP contribution in [0.5, 0.6) is 5.75 Å². The second-order valence-corrected chi connectivity index (χ2v) is 6.09. The normalized spacial score (nSPS) is 11.0. The van der Waals surface area contributed by atoms with Crippen LogP contribution in [0.4, 0.5) is 4.39 Å². The van der Waals surface area contributed by atoms with Gasteiger partial charge >= 0.3 is 5.97 Å². The molecule has 5 nitrogen and oxygen atoms in total. The van der Waals surface area contributed by atoms with Crippen molar-refractivity contribution >= 4 is 28.3 Å². The molecule has 0 bridgehead atoms. The van der Waals surface area contributed by atoms with Crippen molar-refractivity contribution in [1.82, 2.24) is 4.98 Å². The zero-order valence-corrected chi connectivity index (χ0v) is 14.3. The second kappa shape index (κ2) is 6.60. The second-order valence-electron chi connectivity index (χ2n) is 5.15. The molecule has 0 radical (unpaired) electrons. The van der Waals surface area contributed by atoms with Crippen LogP contribution < -0.4 is 4.74 Å². The quantitative estimate of drug-likeness (QED) is 0.639. The topological polar surface area (TPSA) is 61.6 Å². The average molecular weight is 349 g/mol. The molecule has 0 saturated carbocycles. The summed E-state index contributed by atoms with van der Waals surface area (Å²) in [5.41, 5.74) is 2.96. The smallest absolute Gasteiger partial charge is 0.342 e. The van der Waals surface area contributed by atoms with Gasteiger partial charge in [0.2, 0.25) is 0 Å². The highest BCUT2D eigenvalue weighted by atomic mass is 32.1. The fourth-order valence-electron chi connectivity index (χ4n) is 2.42. The highest BCUT2D eigenvalue weighted by Gasteiger charge is 2.24. The Balaban J connectivity index is 1.98. The first-order valence-electron chi connectivity index (χ1n) is 7.43. The molecule has 0 fully saturated rings. The summed E-state index contributed by atoms with van der Waals surface area (Å²) in [5, 5.41) is 0.0875. The van der Waals surface area contributed by atoms with E-state index in [1.54, 1.807) is 25.4 Å². The Morgan fingerprint density at radius 2 is 2.17 bits per heavy atom. The van der Waals surface area contributed by atoms with E-state index in [1.165, 1.54) is 17.4 Å². The predicted octanol–water partition coefficient (Wildman–Crippen LogP) is 4.40. The lowest BCUT2D eigenvalue weighted by Gasteiger charge is -2.07. The molecule has 126 valence electrons. The van der Waals surface area contributed by atoms with E-state index in [0.717, 1.165) is 10.6 Å². The van der Waals surface area contributed by atoms with Crippen molar-refractivity contribution in [2.75, 3.05) is 6.61 Å². The minimum absolute atomic E-state index is 0.0571. The van der Waals surface area contributed by atoms with Crippen LogP contribution in [-0.2, 0) is 11.3 Å². The molecule has 0 unspecified atom stereocenters. The van der Waals surface area contributed by atoms with Crippen molar-refractivity contribution in [1.29, 1.82) is 0 Å². The zero-order valence-electron chi connectivity index (χ0n) is 13.5. The van der Waals surface area contributed by atoms with Crippen molar-refractivity contribution in [3.8, 4) is 5.75 Å². The van der Waals surface area contributed by atoms with Gasteiger partial charge < -0.3 is 13.9 Å². The summed E-state index contributed by atoms with van der Waals surface area (Å²) < 4.78 is 30.9. The van der Waals surface area contributed by atoms with Crippen LogP contribution in [-0.4, -0.2) is 17.6 Å². The van der Waals surface area contributed by atoms with E-state index in [2.05, 4.69) is 4.98 Å². The summed E-state index contributed by atoms with van der Waals surface area (Å²) in [6.45, 7) is 5.58. The van der Waals surface area contributed by atoms with Crippen molar-refractivity contribution < 1.29 is 23.1 Å². The number of thiazole rings is 1.